The number of carbonyl (C=O) groups is 1. The van der Waals surface area contributed by atoms with Crippen LogP contribution >= 0.6 is 0 Å². The van der Waals surface area contributed by atoms with Crippen molar-refractivity contribution in [2.75, 3.05) is 20.2 Å². The Balaban J connectivity index is 1.45. The number of nitrogens with zero attached hydrogens (tertiary/aromatic N) is 4. The number of hydrogen-bond acceptors (Lipinski definition) is 4. The fraction of sp³-hybridized carbons (Fsp3) is 0.562. The number of carbonyl (C=O) groups excluding carboxylic acids is 1. The lowest BCUT2D eigenvalue weighted by atomic mass is 10.0. The Morgan fingerprint density at radius 1 is 1.48 bits per heavy atom. The molecule has 2 aromatic heterocycles. The van der Waals surface area contributed by atoms with Crippen LogP contribution in [-0.2, 0) is 4.74 Å². The summed E-state index contributed by atoms with van der Waals surface area (Å²) in [6.45, 7) is 1.25. The number of aromatic nitrogens is 4. The second-order valence-corrected chi connectivity index (χ2v) is 6.39. The number of hydrogen-bond donors (Lipinski definition) is 1. The summed E-state index contributed by atoms with van der Waals surface area (Å²) in [5.74, 6) is 1.06. The van der Waals surface area contributed by atoms with Gasteiger partial charge < -0.3 is 14.2 Å². The van der Waals surface area contributed by atoms with Crippen molar-refractivity contribution >= 4 is 5.91 Å². The fourth-order valence-corrected chi connectivity index (χ4v) is 3.33. The fourth-order valence-electron chi connectivity index (χ4n) is 3.33. The van der Waals surface area contributed by atoms with Crippen molar-refractivity contribution in [2.45, 2.75) is 37.3 Å². The van der Waals surface area contributed by atoms with E-state index in [1.165, 1.54) is 6.33 Å². The normalized spacial score (nSPS) is 24.0. The lowest BCUT2D eigenvalue weighted by molar-refractivity contribution is 0.0542. The summed E-state index contributed by atoms with van der Waals surface area (Å²) in [4.78, 5) is 18.8. The molecule has 4 rings (SSSR count). The molecule has 2 atom stereocenters. The zero-order valence-corrected chi connectivity index (χ0v) is 13.2. The first kappa shape index (κ1) is 14.4. The van der Waals surface area contributed by atoms with Crippen molar-refractivity contribution in [3.8, 4) is 0 Å². The van der Waals surface area contributed by atoms with Crippen LogP contribution in [0.5, 0.6) is 0 Å². The third-order valence-electron chi connectivity index (χ3n) is 4.73. The number of likely N-dealkylation sites (N-methyl/N-ethyl adjacent to an activating group) is 1. The van der Waals surface area contributed by atoms with E-state index in [1.807, 2.05) is 25.4 Å². The molecule has 1 aliphatic carbocycles. The largest absolute Gasteiger partial charge is 0.376 e. The molecule has 3 heterocycles. The monoisotopic (exact) mass is 315 g/mol. The maximum Gasteiger partial charge on any atom is 0.270 e. The molecule has 2 aliphatic rings. The lowest BCUT2D eigenvalue weighted by Crippen LogP contribution is -2.37. The summed E-state index contributed by atoms with van der Waals surface area (Å²) in [7, 11) is 1.84. The molecule has 0 aromatic carbocycles. The standard InChI is InChI=1S/C16H21N5O2/c1-20(16(22)13-3-2-7-21(13)11-4-5-11)9-14-12(6-8-23-14)15-17-10-18-19-15/h2-3,7,10-12,14H,4-6,8-9H2,1H3,(H,17,18,19)/t12-,14-/m1/s1. The summed E-state index contributed by atoms with van der Waals surface area (Å²) in [6, 6.07) is 4.35. The molecule has 0 unspecified atom stereocenters. The molecular formula is C16H21N5O2. The first-order valence-corrected chi connectivity index (χ1v) is 8.13. The average molecular weight is 315 g/mol. The van der Waals surface area contributed by atoms with Crippen molar-refractivity contribution in [3.05, 3.63) is 36.2 Å². The van der Waals surface area contributed by atoms with E-state index in [4.69, 9.17) is 4.74 Å². The van der Waals surface area contributed by atoms with E-state index in [9.17, 15) is 4.79 Å². The predicted octanol–water partition coefficient (Wildman–Crippen LogP) is 1.59. The third-order valence-corrected chi connectivity index (χ3v) is 4.73. The van der Waals surface area contributed by atoms with Crippen molar-refractivity contribution < 1.29 is 9.53 Å². The first-order valence-electron chi connectivity index (χ1n) is 8.13. The zero-order chi connectivity index (χ0) is 15.8. The smallest absolute Gasteiger partial charge is 0.270 e. The van der Waals surface area contributed by atoms with Gasteiger partial charge in [-0.2, -0.15) is 5.10 Å². The number of amides is 1. The van der Waals surface area contributed by atoms with E-state index in [1.54, 1.807) is 4.90 Å². The van der Waals surface area contributed by atoms with Crippen LogP contribution in [0.1, 0.15) is 47.5 Å². The second-order valence-electron chi connectivity index (χ2n) is 6.39. The Bertz CT molecular complexity index is 676. The lowest BCUT2D eigenvalue weighted by Gasteiger charge is -2.24. The van der Waals surface area contributed by atoms with Crippen LogP contribution in [0, 0.1) is 0 Å². The van der Waals surface area contributed by atoms with Gasteiger partial charge in [0.05, 0.1) is 6.10 Å². The van der Waals surface area contributed by atoms with Gasteiger partial charge in [0.2, 0.25) is 0 Å². The summed E-state index contributed by atoms with van der Waals surface area (Å²) >= 11 is 0. The molecule has 2 aromatic rings. The van der Waals surface area contributed by atoms with E-state index >= 15 is 0 Å². The van der Waals surface area contributed by atoms with Gasteiger partial charge in [-0.15, -0.1) is 0 Å². The molecular weight excluding hydrogens is 294 g/mol. The molecule has 1 saturated heterocycles. The highest BCUT2D eigenvalue weighted by Gasteiger charge is 2.34. The van der Waals surface area contributed by atoms with Crippen molar-refractivity contribution in [2.24, 2.45) is 0 Å². The molecule has 0 bridgehead atoms. The van der Waals surface area contributed by atoms with E-state index in [2.05, 4.69) is 19.7 Å². The van der Waals surface area contributed by atoms with Crippen molar-refractivity contribution in [1.29, 1.82) is 0 Å². The predicted molar refractivity (Wildman–Crippen MR) is 83.1 cm³/mol. The number of rotatable bonds is 5. The highest BCUT2D eigenvalue weighted by atomic mass is 16.5. The van der Waals surface area contributed by atoms with Crippen LogP contribution in [-0.4, -0.2) is 56.9 Å². The maximum absolute atomic E-state index is 12.8. The highest BCUT2D eigenvalue weighted by Crippen LogP contribution is 2.36. The molecule has 2 fully saturated rings. The minimum atomic E-state index is -0.0405. The Morgan fingerprint density at radius 3 is 3.09 bits per heavy atom. The van der Waals surface area contributed by atoms with Gasteiger partial charge in [0.15, 0.2) is 0 Å². The number of aromatic amines is 1. The summed E-state index contributed by atoms with van der Waals surface area (Å²) < 4.78 is 7.93. The van der Waals surface area contributed by atoms with E-state index in [0.717, 1.165) is 30.8 Å². The molecule has 122 valence electrons. The van der Waals surface area contributed by atoms with E-state index in [0.29, 0.717) is 19.2 Å². The van der Waals surface area contributed by atoms with Crippen LogP contribution in [0.4, 0.5) is 0 Å². The van der Waals surface area contributed by atoms with Crippen molar-refractivity contribution in [1.82, 2.24) is 24.6 Å². The van der Waals surface area contributed by atoms with Gasteiger partial charge in [-0.1, -0.05) is 0 Å². The van der Waals surface area contributed by atoms with Gasteiger partial charge in [-0.05, 0) is 31.4 Å². The third kappa shape index (κ3) is 2.76. The highest BCUT2D eigenvalue weighted by molar-refractivity contribution is 5.92. The van der Waals surface area contributed by atoms with Crippen LogP contribution in [0.15, 0.2) is 24.7 Å². The number of ether oxygens (including phenoxy) is 1. The van der Waals surface area contributed by atoms with E-state index < -0.39 is 0 Å². The average Bonchev–Trinajstić information content (AvgIpc) is 3.02. The van der Waals surface area contributed by atoms with Crippen LogP contribution in [0.3, 0.4) is 0 Å². The Labute approximate surface area is 134 Å². The van der Waals surface area contributed by atoms with Gasteiger partial charge >= 0.3 is 0 Å². The molecule has 1 aliphatic heterocycles. The molecule has 7 nitrogen and oxygen atoms in total. The van der Waals surface area contributed by atoms with Crippen LogP contribution < -0.4 is 0 Å². The minimum absolute atomic E-state index is 0.0405. The summed E-state index contributed by atoms with van der Waals surface area (Å²) in [6.07, 6.45) is 6.71. The Kier molecular flexibility index (Phi) is 3.65. The van der Waals surface area contributed by atoms with Gasteiger partial charge in [-0.3, -0.25) is 9.89 Å². The van der Waals surface area contributed by atoms with Crippen LogP contribution in [0.2, 0.25) is 0 Å². The molecule has 1 N–H and O–H groups in total. The molecule has 23 heavy (non-hydrogen) atoms. The molecule has 0 spiro atoms. The van der Waals surface area contributed by atoms with Gasteiger partial charge in [-0.25, -0.2) is 4.98 Å². The van der Waals surface area contributed by atoms with Gasteiger partial charge in [0.25, 0.3) is 5.91 Å². The second kappa shape index (κ2) is 5.81. The van der Waals surface area contributed by atoms with Gasteiger partial charge in [0.1, 0.15) is 17.8 Å². The molecule has 7 heteroatoms. The van der Waals surface area contributed by atoms with E-state index in [-0.39, 0.29) is 17.9 Å². The summed E-state index contributed by atoms with van der Waals surface area (Å²) in [5.41, 5.74) is 0.768. The van der Waals surface area contributed by atoms with Gasteiger partial charge in [0, 0.05) is 38.4 Å². The molecule has 0 radical (unpaired) electrons. The zero-order valence-electron chi connectivity index (χ0n) is 13.2. The Morgan fingerprint density at radius 2 is 2.35 bits per heavy atom. The summed E-state index contributed by atoms with van der Waals surface area (Å²) in [5, 5.41) is 6.84. The molecule has 1 amide bonds. The van der Waals surface area contributed by atoms with Crippen LogP contribution in [0.25, 0.3) is 0 Å². The topological polar surface area (TPSA) is 76.0 Å². The SMILES string of the molecule is CN(C[C@H]1OCC[C@H]1c1ncn[nH]1)C(=O)c1cccn1C1CC1. The maximum atomic E-state index is 12.8. The molecule has 1 saturated carbocycles. The number of H-pyrrole nitrogens is 1. The van der Waals surface area contributed by atoms with Crippen molar-refractivity contribution in [3.63, 3.8) is 0 Å². The quantitative estimate of drug-likeness (QED) is 0.909. The first-order chi connectivity index (χ1) is 11.2. The minimum Gasteiger partial charge on any atom is -0.376 e. The number of nitrogens with one attached hydrogen (secondary N) is 1. The Hall–Kier alpha value is -2.15.